The molecule has 0 bridgehead atoms. The molecule has 1 saturated heterocycles. The van der Waals surface area contributed by atoms with Gasteiger partial charge >= 0.3 is 0 Å². The topological polar surface area (TPSA) is 75.4 Å². The number of nitrogens with one attached hydrogen (secondary N) is 1. The van der Waals surface area contributed by atoms with E-state index in [2.05, 4.69) is 5.32 Å². The molecule has 5 heteroatoms. The predicted molar refractivity (Wildman–Crippen MR) is 78.0 cm³/mol. The molecular formula is C15H27N3O2. The van der Waals surface area contributed by atoms with Crippen LogP contribution in [-0.4, -0.2) is 42.9 Å². The smallest absolute Gasteiger partial charge is 0.222 e. The standard InChI is InChI=1S/C15H27N3O2/c1-18-10-12(5-6-14(18)20)17-13(19)9-15(11-16)7-3-2-4-8-15/h12H,2-11,16H2,1H3,(H,17,19). The van der Waals surface area contributed by atoms with Gasteiger partial charge in [-0.05, 0) is 31.2 Å². The van der Waals surface area contributed by atoms with Crippen LogP contribution in [-0.2, 0) is 9.59 Å². The van der Waals surface area contributed by atoms with Crippen LogP contribution in [0.5, 0.6) is 0 Å². The summed E-state index contributed by atoms with van der Waals surface area (Å²) in [6.45, 7) is 1.23. The minimum atomic E-state index is 0.0126. The molecule has 2 amide bonds. The van der Waals surface area contributed by atoms with E-state index in [4.69, 9.17) is 5.73 Å². The molecule has 0 spiro atoms. The van der Waals surface area contributed by atoms with Crippen LogP contribution < -0.4 is 11.1 Å². The van der Waals surface area contributed by atoms with E-state index in [1.807, 2.05) is 0 Å². The van der Waals surface area contributed by atoms with Gasteiger partial charge < -0.3 is 16.0 Å². The van der Waals surface area contributed by atoms with Crippen molar-refractivity contribution in [3.63, 3.8) is 0 Å². The molecule has 1 unspecified atom stereocenters. The first-order valence-electron chi connectivity index (χ1n) is 7.78. The third-order valence-corrected chi connectivity index (χ3v) is 4.87. The maximum absolute atomic E-state index is 12.3. The number of amides is 2. The number of piperidine rings is 1. The second-order valence-electron chi connectivity index (χ2n) is 6.52. The second kappa shape index (κ2) is 6.57. The van der Waals surface area contributed by atoms with Gasteiger partial charge in [0, 0.05) is 32.5 Å². The summed E-state index contributed by atoms with van der Waals surface area (Å²) in [6.07, 6.45) is 7.60. The molecule has 20 heavy (non-hydrogen) atoms. The highest BCUT2D eigenvalue weighted by Crippen LogP contribution is 2.38. The zero-order chi connectivity index (χ0) is 14.6. The van der Waals surface area contributed by atoms with Crippen LogP contribution in [0.4, 0.5) is 0 Å². The zero-order valence-electron chi connectivity index (χ0n) is 12.5. The van der Waals surface area contributed by atoms with Crippen molar-refractivity contribution in [2.75, 3.05) is 20.1 Å². The Bertz CT molecular complexity index is 364. The fourth-order valence-corrected chi connectivity index (χ4v) is 3.50. The molecule has 0 aromatic rings. The summed E-state index contributed by atoms with van der Waals surface area (Å²) < 4.78 is 0. The zero-order valence-corrected chi connectivity index (χ0v) is 12.5. The molecule has 1 aliphatic carbocycles. The first-order chi connectivity index (χ1) is 9.54. The number of nitrogens with two attached hydrogens (primary N) is 1. The van der Waals surface area contributed by atoms with Crippen LogP contribution in [0.15, 0.2) is 0 Å². The number of carbonyl (C=O) groups is 2. The lowest BCUT2D eigenvalue weighted by molar-refractivity contribution is -0.134. The highest BCUT2D eigenvalue weighted by Gasteiger charge is 2.34. The van der Waals surface area contributed by atoms with Gasteiger partial charge in [-0.2, -0.15) is 0 Å². The molecule has 0 radical (unpaired) electrons. The fourth-order valence-electron chi connectivity index (χ4n) is 3.50. The number of carbonyl (C=O) groups excluding carboxylic acids is 2. The van der Waals surface area contributed by atoms with Crippen LogP contribution in [0.25, 0.3) is 0 Å². The summed E-state index contributed by atoms with van der Waals surface area (Å²) in [5, 5.41) is 3.09. The SMILES string of the molecule is CN1CC(NC(=O)CC2(CN)CCCCC2)CCC1=O. The summed E-state index contributed by atoms with van der Waals surface area (Å²) >= 11 is 0. The lowest BCUT2D eigenvalue weighted by Gasteiger charge is -2.37. The van der Waals surface area contributed by atoms with Gasteiger partial charge in [0.2, 0.25) is 11.8 Å². The summed E-state index contributed by atoms with van der Waals surface area (Å²) in [5.41, 5.74) is 5.94. The molecule has 5 nitrogen and oxygen atoms in total. The summed E-state index contributed by atoms with van der Waals surface area (Å²) in [5.74, 6) is 0.270. The van der Waals surface area contributed by atoms with Gasteiger partial charge in [-0.3, -0.25) is 9.59 Å². The van der Waals surface area contributed by atoms with Crippen molar-refractivity contribution in [3.8, 4) is 0 Å². The van der Waals surface area contributed by atoms with Crippen molar-refractivity contribution in [2.24, 2.45) is 11.1 Å². The Kier molecular flexibility index (Phi) is 5.02. The van der Waals surface area contributed by atoms with Crippen molar-refractivity contribution in [2.45, 2.75) is 57.4 Å². The first kappa shape index (κ1) is 15.3. The average molecular weight is 281 g/mol. The number of nitrogens with zero attached hydrogens (tertiary/aromatic N) is 1. The molecule has 1 atom stereocenters. The van der Waals surface area contributed by atoms with Crippen molar-refractivity contribution in [1.82, 2.24) is 10.2 Å². The molecule has 1 saturated carbocycles. The molecule has 3 N–H and O–H groups in total. The largest absolute Gasteiger partial charge is 0.352 e. The van der Waals surface area contributed by atoms with Crippen LogP contribution in [0.3, 0.4) is 0 Å². The summed E-state index contributed by atoms with van der Waals surface area (Å²) in [4.78, 5) is 25.4. The Balaban J connectivity index is 1.84. The van der Waals surface area contributed by atoms with E-state index >= 15 is 0 Å². The summed E-state index contributed by atoms with van der Waals surface area (Å²) in [7, 11) is 1.79. The van der Waals surface area contributed by atoms with E-state index in [-0.39, 0.29) is 23.3 Å². The summed E-state index contributed by atoms with van der Waals surface area (Å²) in [6, 6.07) is 0.101. The van der Waals surface area contributed by atoms with Gasteiger partial charge in [-0.15, -0.1) is 0 Å². The van der Waals surface area contributed by atoms with Gasteiger partial charge in [-0.25, -0.2) is 0 Å². The van der Waals surface area contributed by atoms with Crippen LogP contribution in [0.2, 0.25) is 0 Å². The molecule has 0 aromatic heterocycles. The van der Waals surface area contributed by atoms with E-state index in [9.17, 15) is 9.59 Å². The minimum absolute atomic E-state index is 0.0126. The lowest BCUT2D eigenvalue weighted by atomic mass is 9.71. The maximum Gasteiger partial charge on any atom is 0.222 e. The van der Waals surface area contributed by atoms with Crippen LogP contribution in [0, 0.1) is 5.41 Å². The molecule has 1 aliphatic heterocycles. The molecule has 2 fully saturated rings. The molecular weight excluding hydrogens is 254 g/mol. The normalized spacial score (nSPS) is 26.4. The second-order valence-corrected chi connectivity index (χ2v) is 6.52. The number of rotatable bonds is 4. The molecule has 1 heterocycles. The number of hydrogen-bond acceptors (Lipinski definition) is 3. The molecule has 2 aliphatic rings. The lowest BCUT2D eigenvalue weighted by Crippen LogP contribution is -2.49. The van der Waals surface area contributed by atoms with Gasteiger partial charge in [0.1, 0.15) is 0 Å². The molecule has 114 valence electrons. The van der Waals surface area contributed by atoms with Crippen molar-refractivity contribution in [1.29, 1.82) is 0 Å². The van der Waals surface area contributed by atoms with Gasteiger partial charge in [0.05, 0.1) is 0 Å². The average Bonchev–Trinajstić information content (AvgIpc) is 2.44. The van der Waals surface area contributed by atoms with Crippen molar-refractivity contribution in [3.05, 3.63) is 0 Å². The highest BCUT2D eigenvalue weighted by molar-refractivity contribution is 5.79. The van der Waals surface area contributed by atoms with E-state index in [0.717, 1.165) is 19.3 Å². The Hall–Kier alpha value is -1.10. The van der Waals surface area contributed by atoms with Crippen molar-refractivity contribution >= 4 is 11.8 Å². The number of hydrogen-bond donors (Lipinski definition) is 2. The minimum Gasteiger partial charge on any atom is -0.352 e. The third kappa shape index (κ3) is 3.72. The molecule has 2 rings (SSSR count). The highest BCUT2D eigenvalue weighted by atomic mass is 16.2. The first-order valence-corrected chi connectivity index (χ1v) is 7.78. The Morgan fingerprint density at radius 2 is 2.10 bits per heavy atom. The van der Waals surface area contributed by atoms with Crippen molar-refractivity contribution < 1.29 is 9.59 Å². The van der Waals surface area contributed by atoms with Gasteiger partial charge in [-0.1, -0.05) is 19.3 Å². The maximum atomic E-state index is 12.3. The Labute approximate surface area is 121 Å². The van der Waals surface area contributed by atoms with Gasteiger partial charge in [0.15, 0.2) is 0 Å². The van der Waals surface area contributed by atoms with E-state index in [1.165, 1.54) is 19.3 Å². The number of likely N-dealkylation sites (tertiary alicyclic amines) is 1. The van der Waals surface area contributed by atoms with Crippen LogP contribution in [0.1, 0.15) is 51.4 Å². The number of likely N-dealkylation sites (N-methyl/N-ethyl adjacent to an activating group) is 1. The van der Waals surface area contributed by atoms with E-state index in [0.29, 0.717) is 25.9 Å². The van der Waals surface area contributed by atoms with E-state index in [1.54, 1.807) is 11.9 Å². The Morgan fingerprint density at radius 1 is 1.40 bits per heavy atom. The van der Waals surface area contributed by atoms with E-state index < -0.39 is 0 Å². The third-order valence-electron chi connectivity index (χ3n) is 4.87. The monoisotopic (exact) mass is 281 g/mol. The quantitative estimate of drug-likeness (QED) is 0.808. The molecule has 0 aromatic carbocycles. The van der Waals surface area contributed by atoms with Crippen LogP contribution >= 0.6 is 0 Å². The Morgan fingerprint density at radius 3 is 2.70 bits per heavy atom. The van der Waals surface area contributed by atoms with Gasteiger partial charge in [0.25, 0.3) is 0 Å². The fraction of sp³-hybridized carbons (Fsp3) is 0.867. The predicted octanol–water partition coefficient (Wildman–Crippen LogP) is 1.02.